The van der Waals surface area contributed by atoms with Gasteiger partial charge in [-0.2, -0.15) is 0 Å². The first-order chi connectivity index (χ1) is 5.65. The minimum atomic E-state index is -0.511. The molecule has 4 heteroatoms. The third kappa shape index (κ3) is 1.44. The molecule has 0 spiro atoms. The highest BCUT2D eigenvalue weighted by Gasteiger charge is 2.10. The molecule has 0 unspecified atom stereocenters. The highest BCUT2D eigenvalue weighted by Crippen LogP contribution is 2.11. The minimum absolute atomic E-state index is 0.372. The number of likely N-dealkylation sites (N-methyl/N-ethyl adjacent to an activating group) is 1. The van der Waals surface area contributed by atoms with Crippen LogP contribution in [0.3, 0.4) is 0 Å². The minimum Gasteiger partial charge on any atom is -0.366 e. The molecule has 0 fully saturated rings. The summed E-state index contributed by atoms with van der Waals surface area (Å²) in [4.78, 5) is 22.4. The summed E-state index contributed by atoms with van der Waals surface area (Å²) in [6.07, 6.45) is 4.47. The largest absolute Gasteiger partial charge is 0.366 e. The van der Waals surface area contributed by atoms with Crippen LogP contribution < -0.4 is 5.73 Å². The van der Waals surface area contributed by atoms with E-state index < -0.39 is 5.91 Å². The fraction of sp³-hybridized carbons (Fsp3) is 0.125. The smallest absolute Gasteiger partial charge is 0.250 e. The molecule has 1 rings (SSSR count). The topological polar surface area (TPSA) is 63.4 Å². The second kappa shape index (κ2) is 3.07. The number of hydrogen-bond acceptors (Lipinski definition) is 3. The van der Waals surface area contributed by atoms with Crippen LogP contribution in [-0.4, -0.2) is 23.8 Å². The molecule has 0 saturated carbocycles. The third-order valence-electron chi connectivity index (χ3n) is 1.52. The van der Waals surface area contributed by atoms with E-state index in [1.165, 1.54) is 23.3 Å². The molecule has 0 aromatic carbocycles. The summed E-state index contributed by atoms with van der Waals surface area (Å²) >= 11 is 0. The summed E-state index contributed by atoms with van der Waals surface area (Å²) < 4.78 is 0. The zero-order valence-corrected chi connectivity index (χ0v) is 6.57. The molecule has 1 aliphatic heterocycles. The summed E-state index contributed by atoms with van der Waals surface area (Å²) in [6.45, 7) is 0. The molecule has 1 aliphatic rings. The van der Waals surface area contributed by atoms with Crippen LogP contribution in [-0.2, 0) is 9.59 Å². The zero-order valence-electron chi connectivity index (χ0n) is 6.57. The van der Waals surface area contributed by atoms with Gasteiger partial charge in [-0.1, -0.05) is 0 Å². The summed E-state index contributed by atoms with van der Waals surface area (Å²) in [5.41, 5.74) is 5.77. The Labute approximate surface area is 69.6 Å². The molecule has 0 bridgehead atoms. The van der Waals surface area contributed by atoms with Crippen molar-refractivity contribution in [2.24, 2.45) is 5.73 Å². The van der Waals surface area contributed by atoms with Gasteiger partial charge in [0.15, 0.2) is 5.94 Å². The van der Waals surface area contributed by atoms with Crippen LogP contribution in [0.4, 0.5) is 0 Å². The number of primary amides is 1. The fourth-order valence-corrected chi connectivity index (χ4v) is 0.859. The van der Waals surface area contributed by atoms with Crippen molar-refractivity contribution in [3.8, 4) is 0 Å². The second-order valence-electron chi connectivity index (χ2n) is 2.38. The van der Waals surface area contributed by atoms with E-state index in [-0.39, 0.29) is 0 Å². The Morgan fingerprint density at radius 1 is 1.58 bits per heavy atom. The lowest BCUT2D eigenvalue weighted by molar-refractivity contribution is -0.114. The lowest BCUT2D eigenvalue weighted by atomic mass is 10.2. The van der Waals surface area contributed by atoms with Gasteiger partial charge >= 0.3 is 0 Å². The molecule has 0 atom stereocenters. The normalized spacial score (nSPS) is 15.6. The first-order valence-corrected chi connectivity index (χ1v) is 3.33. The van der Waals surface area contributed by atoms with Gasteiger partial charge in [0.05, 0.1) is 5.57 Å². The SMILES string of the molecule is CN1C=C(C(N)=O)C=CC1=C=O. The molecular weight excluding hydrogens is 156 g/mol. The van der Waals surface area contributed by atoms with Crippen molar-refractivity contribution in [1.82, 2.24) is 4.90 Å². The van der Waals surface area contributed by atoms with Crippen molar-refractivity contribution in [3.05, 3.63) is 29.6 Å². The van der Waals surface area contributed by atoms with Crippen LogP contribution in [0.5, 0.6) is 0 Å². The van der Waals surface area contributed by atoms with Gasteiger partial charge < -0.3 is 10.6 Å². The molecule has 2 N–H and O–H groups in total. The van der Waals surface area contributed by atoms with Crippen molar-refractivity contribution < 1.29 is 9.59 Å². The number of amides is 1. The van der Waals surface area contributed by atoms with Crippen LogP contribution >= 0.6 is 0 Å². The van der Waals surface area contributed by atoms with Crippen LogP contribution in [0.15, 0.2) is 29.6 Å². The first kappa shape index (κ1) is 8.30. The van der Waals surface area contributed by atoms with Crippen molar-refractivity contribution in [1.29, 1.82) is 0 Å². The van der Waals surface area contributed by atoms with Crippen LogP contribution in [0.1, 0.15) is 0 Å². The van der Waals surface area contributed by atoms with E-state index in [1.807, 2.05) is 0 Å². The van der Waals surface area contributed by atoms with E-state index in [2.05, 4.69) is 0 Å². The zero-order chi connectivity index (χ0) is 9.14. The van der Waals surface area contributed by atoms with Gasteiger partial charge in [0.25, 0.3) is 0 Å². The fourth-order valence-electron chi connectivity index (χ4n) is 0.859. The number of carbonyl (C=O) groups excluding carboxylic acids is 2. The predicted octanol–water partition coefficient (Wildman–Crippen LogP) is -0.427. The molecule has 62 valence electrons. The Bertz CT molecular complexity index is 322. The summed E-state index contributed by atoms with van der Waals surface area (Å²) in [5.74, 6) is 1.21. The number of nitrogens with two attached hydrogens (primary N) is 1. The van der Waals surface area contributed by atoms with Gasteiger partial charge in [-0.15, -0.1) is 0 Å². The first-order valence-electron chi connectivity index (χ1n) is 3.33. The maximum Gasteiger partial charge on any atom is 0.250 e. The van der Waals surface area contributed by atoms with E-state index in [9.17, 15) is 9.59 Å². The quantitative estimate of drug-likeness (QED) is 0.535. The number of rotatable bonds is 1. The average molecular weight is 164 g/mol. The standard InChI is InChI=1S/C8H8N2O2/c1-10-4-6(8(9)12)2-3-7(10)5-11/h2-4H,1H3,(H2,9,12). The molecule has 0 radical (unpaired) electrons. The van der Waals surface area contributed by atoms with Gasteiger partial charge in [0, 0.05) is 13.2 Å². The Morgan fingerprint density at radius 2 is 2.25 bits per heavy atom. The van der Waals surface area contributed by atoms with Crippen molar-refractivity contribution in [2.75, 3.05) is 7.05 Å². The summed E-state index contributed by atoms with van der Waals surface area (Å²) in [6, 6.07) is 0. The van der Waals surface area contributed by atoms with E-state index in [0.29, 0.717) is 11.3 Å². The van der Waals surface area contributed by atoms with Gasteiger partial charge in [0.2, 0.25) is 5.91 Å². The molecule has 4 nitrogen and oxygen atoms in total. The molecule has 12 heavy (non-hydrogen) atoms. The van der Waals surface area contributed by atoms with Crippen LogP contribution in [0.25, 0.3) is 0 Å². The Kier molecular flexibility index (Phi) is 2.12. The molecular formula is C8H8N2O2. The van der Waals surface area contributed by atoms with Crippen molar-refractivity contribution in [3.63, 3.8) is 0 Å². The number of carbonyl (C=O) groups is 1. The highest BCUT2D eigenvalue weighted by molar-refractivity contribution is 5.95. The summed E-state index contributed by atoms with van der Waals surface area (Å²) in [7, 11) is 1.65. The van der Waals surface area contributed by atoms with Crippen molar-refractivity contribution >= 4 is 11.8 Å². The Hall–Kier alpha value is -1.80. The molecule has 0 aromatic rings. The van der Waals surface area contributed by atoms with Crippen LogP contribution in [0, 0.1) is 0 Å². The Balaban J connectivity index is 2.98. The lowest BCUT2D eigenvalue weighted by Gasteiger charge is -2.16. The van der Waals surface area contributed by atoms with Crippen LogP contribution in [0.2, 0.25) is 0 Å². The van der Waals surface area contributed by atoms with Gasteiger partial charge in [-0.3, -0.25) is 4.79 Å². The molecule has 0 aromatic heterocycles. The number of allylic oxidation sites excluding steroid dienone is 1. The summed E-state index contributed by atoms with van der Waals surface area (Å²) in [5, 5.41) is 0. The van der Waals surface area contributed by atoms with Gasteiger partial charge in [0.1, 0.15) is 5.70 Å². The molecule has 0 saturated heterocycles. The number of hydrogen-bond donors (Lipinski definition) is 1. The van der Waals surface area contributed by atoms with E-state index in [1.54, 1.807) is 13.0 Å². The average Bonchev–Trinajstić information content (AvgIpc) is 2.04. The maximum atomic E-state index is 10.7. The molecule has 1 heterocycles. The molecule has 0 aliphatic carbocycles. The molecule has 1 amide bonds. The maximum absolute atomic E-state index is 10.7. The highest BCUT2D eigenvalue weighted by atomic mass is 16.1. The van der Waals surface area contributed by atoms with E-state index in [0.717, 1.165) is 0 Å². The monoisotopic (exact) mass is 164 g/mol. The second-order valence-corrected chi connectivity index (χ2v) is 2.38. The van der Waals surface area contributed by atoms with Crippen molar-refractivity contribution in [2.45, 2.75) is 0 Å². The third-order valence-corrected chi connectivity index (χ3v) is 1.52. The number of nitrogens with zero attached hydrogens (tertiary/aromatic N) is 1. The van der Waals surface area contributed by atoms with Gasteiger partial charge in [-0.25, -0.2) is 4.79 Å². The Morgan fingerprint density at radius 3 is 2.67 bits per heavy atom. The van der Waals surface area contributed by atoms with Gasteiger partial charge in [-0.05, 0) is 12.2 Å². The predicted molar refractivity (Wildman–Crippen MR) is 43.4 cm³/mol. The van der Waals surface area contributed by atoms with E-state index >= 15 is 0 Å². The lowest BCUT2D eigenvalue weighted by Crippen LogP contribution is -2.20. The van der Waals surface area contributed by atoms with E-state index in [4.69, 9.17) is 5.73 Å².